The summed E-state index contributed by atoms with van der Waals surface area (Å²) in [6, 6.07) is 7.02. The number of pyridine rings is 2. The molecule has 0 aliphatic carbocycles. The number of nitrogens with zero attached hydrogens (tertiary/aromatic N) is 5. The van der Waals surface area contributed by atoms with E-state index in [4.69, 9.17) is 8.22 Å². The summed E-state index contributed by atoms with van der Waals surface area (Å²) < 4.78 is 52.5. The first-order valence-electron chi connectivity index (χ1n) is 9.58. The van der Waals surface area contributed by atoms with Crippen LogP contribution in [0.3, 0.4) is 0 Å². The predicted octanol–water partition coefficient (Wildman–Crippen LogP) is 1.78. The monoisotopic (exact) mass is 282 g/mol. The minimum atomic E-state index is -2.52. The van der Waals surface area contributed by atoms with Crippen molar-refractivity contribution in [3.8, 4) is 11.5 Å². The molecule has 102 valence electrons. The van der Waals surface area contributed by atoms with Gasteiger partial charge in [-0.15, -0.1) is 0 Å². The molecule has 0 spiro atoms. The summed E-state index contributed by atoms with van der Waals surface area (Å²) in [7, 11) is 0. The molecule has 0 atom stereocenters. The van der Waals surface area contributed by atoms with Crippen LogP contribution in [0.5, 0.6) is 0 Å². The fourth-order valence-electron chi connectivity index (χ4n) is 3.20. The Bertz CT molecular complexity index is 1230. The van der Waals surface area contributed by atoms with Crippen LogP contribution in [0.2, 0.25) is 0 Å². The molecule has 5 rings (SSSR count). The Morgan fingerprint density at radius 1 is 1.14 bits per heavy atom. The van der Waals surface area contributed by atoms with Gasteiger partial charge in [-0.2, -0.15) is 0 Å². The third kappa shape index (κ3) is 1.15. The summed E-state index contributed by atoms with van der Waals surface area (Å²) >= 11 is 0. The number of rotatable bonds is 0. The topological polar surface area (TPSA) is 39.5 Å². The van der Waals surface area contributed by atoms with Gasteiger partial charge in [0.05, 0.1) is 34.1 Å². The molecule has 21 heavy (non-hydrogen) atoms. The van der Waals surface area contributed by atoms with Gasteiger partial charge in [0, 0.05) is 18.0 Å². The summed E-state index contributed by atoms with van der Waals surface area (Å²) in [5.74, 6) is 0.388. The third-order valence-electron chi connectivity index (χ3n) is 4.06. The summed E-state index contributed by atoms with van der Waals surface area (Å²) in [5, 5.41) is 0.485. The highest BCUT2D eigenvalue weighted by Crippen LogP contribution is 2.33. The van der Waals surface area contributed by atoms with Crippen molar-refractivity contribution in [3.05, 3.63) is 42.2 Å². The van der Waals surface area contributed by atoms with Crippen LogP contribution < -0.4 is 4.57 Å². The minimum absolute atomic E-state index is 0.236. The first-order valence-corrected chi connectivity index (χ1v) is 6.58. The molecule has 1 aliphatic rings. The molecule has 1 aliphatic heterocycles. The lowest BCUT2D eigenvalue weighted by molar-refractivity contribution is -0.648. The van der Waals surface area contributed by atoms with E-state index >= 15 is 0 Å². The third-order valence-corrected chi connectivity index (χ3v) is 4.06. The zero-order valence-electron chi connectivity index (χ0n) is 16.9. The van der Waals surface area contributed by atoms with E-state index in [1.165, 1.54) is 10.8 Å². The number of fused-ring (bicyclic) bond motifs is 7. The molecule has 0 saturated heterocycles. The summed E-state index contributed by atoms with van der Waals surface area (Å²) in [6.07, 6.45) is 3.11. The molecule has 0 aromatic carbocycles. The molecule has 0 unspecified atom stereocenters. The van der Waals surface area contributed by atoms with Gasteiger partial charge >= 0.3 is 0 Å². The van der Waals surface area contributed by atoms with Crippen LogP contribution in [0.15, 0.2) is 36.7 Å². The molecule has 0 amide bonds. The zero-order valence-corrected chi connectivity index (χ0v) is 10.9. The minimum Gasteiger partial charge on any atom is -0.254 e. The van der Waals surface area contributed by atoms with Gasteiger partial charge in [0.2, 0.25) is 5.65 Å². The molecule has 0 fully saturated rings. The van der Waals surface area contributed by atoms with Crippen molar-refractivity contribution in [3.63, 3.8) is 0 Å². The maximum absolute atomic E-state index is 8.11. The number of hydrogen-bond donors (Lipinski definition) is 0. The molecule has 5 heteroatoms. The summed E-state index contributed by atoms with van der Waals surface area (Å²) in [4.78, 5) is 8.60. The van der Waals surface area contributed by atoms with Crippen molar-refractivity contribution in [2.75, 3.05) is 0 Å². The zero-order chi connectivity index (χ0) is 19.1. The first-order chi connectivity index (χ1) is 12.7. The lowest BCUT2D eigenvalue weighted by atomic mass is 10.2. The standard InChI is InChI=1S/C16H14N5/c1-19-13-11-6-4-8-18-14(11)20(2)16(13)21-9-10-5-3-7-17-12(10)15(19)21/h3-8H,9H2,1-2H3/q+1/i1D3,2D3. The lowest BCUT2D eigenvalue weighted by Crippen LogP contribution is -2.33. The van der Waals surface area contributed by atoms with Crippen LogP contribution >= 0.6 is 0 Å². The molecule has 0 bridgehead atoms. The van der Waals surface area contributed by atoms with Gasteiger partial charge in [-0.3, -0.25) is 4.57 Å². The number of hydrogen-bond acceptors (Lipinski definition) is 2. The highest BCUT2D eigenvalue weighted by molar-refractivity contribution is 6.03. The van der Waals surface area contributed by atoms with E-state index in [0.29, 0.717) is 34.6 Å². The maximum atomic E-state index is 8.11. The Morgan fingerprint density at radius 3 is 2.90 bits per heavy atom. The molecule has 4 aromatic heterocycles. The molecule has 5 heterocycles. The van der Waals surface area contributed by atoms with E-state index in [2.05, 4.69) is 9.97 Å². The quantitative estimate of drug-likeness (QED) is 0.406. The van der Waals surface area contributed by atoms with Gasteiger partial charge in [-0.05, 0) is 18.2 Å². The lowest BCUT2D eigenvalue weighted by Gasteiger charge is -1.96. The summed E-state index contributed by atoms with van der Waals surface area (Å²) in [6.45, 7) is -4.68. The number of imidazole rings is 1. The summed E-state index contributed by atoms with van der Waals surface area (Å²) in [5.41, 5.74) is 2.29. The van der Waals surface area contributed by atoms with Crippen LogP contribution in [0, 0.1) is 0 Å². The number of aromatic nitrogens is 5. The van der Waals surface area contributed by atoms with Gasteiger partial charge in [-0.25, -0.2) is 19.1 Å². The molecule has 5 nitrogen and oxygen atoms in total. The van der Waals surface area contributed by atoms with Crippen LogP contribution in [0.1, 0.15) is 13.8 Å². The highest BCUT2D eigenvalue weighted by atomic mass is 15.3. The highest BCUT2D eigenvalue weighted by Gasteiger charge is 2.35. The normalized spacial score (nSPS) is 18.5. The largest absolute Gasteiger partial charge is 0.271 e. The van der Waals surface area contributed by atoms with E-state index in [0.717, 1.165) is 10.1 Å². The Labute approximate surface area is 129 Å². The molecule has 4 aromatic rings. The molecular formula is C16H14N5+. The molecule has 0 N–H and O–H groups in total. The Hall–Kier alpha value is -2.69. The van der Waals surface area contributed by atoms with Crippen LogP contribution in [0.25, 0.3) is 33.7 Å². The second-order valence-electron chi connectivity index (χ2n) is 5.14. The average Bonchev–Trinajstić information content (AvgIpc) is 3.19. The van der Waals surface area contributed by atoms with E-state index in [-0.39, 0.29) is 5.65 Å². The average molecular weight is 282 g/mol. The second kappa shape index (κ2) is 3.49. The Balaban J connectivity index is 2.07. The van der Waals surface area contributed by atoms with Gasteiger partial charge < -0.3 is 0 Å². The van der Waals surface area contributed by atoms with Crippen LogP contribution in [0.4, 0.5) is 0 Å². The van der Waals surface area contributed by atoms with Crippen LogP contribution in [-0.4, -0.2) is 19.1 Å². The van der Waals surface area contributed by atoms with Crippen molar-refractivity contribution >= 4 is 22.2 Å². The fourth-order valence-corrected chi connectivity index (χ4v) is 3.20. The fraction of sp³-hybridized carbons (Fsp3) is 0.188. The van der Waals surface area contributed by atoms with Crippen molar-refractivity contribution in [2.24, 2.45) is 14.0 Å². The van der Waals surface area contributed by atoms with Crippen molar-refractivity contribution in [1.82, 2.24) is 19.1 Å². The van der Waals surface area contributed by atoms with E-state index in [1.807, 2.05) is 6.07 Å². The Kier molecular flexibility index (Phi) is 1.14. The van der Waals surface area contributed by atoms with Crippen molar-refractivity contribution in [2.45, 2.75) is 6.54 Å². The van der Waals surface area contributed by atoms with Gasteiger partial charge in [0.25, 0.3) is 11.5 Å². The Morgan fingerprint density at radius 2 is 2.00 bits per heavy atom. The van der Waals surface area contributed by atoms with Gasteiger partial charge in [0.1, 0.15) is 5.69 Å². The number of aryl methyl sites for hydroxylation is 2. The first kappa shape index (κ1) is 6.85. The van der Waals surface area contributed by atoms with E-state index in [1.54, 1.807) is 29.0 Å². The molecule has 0 radical (unpaired) electrons. The van der Waals surface area contributed by atoms with Crippen molar-refractivity contribution < 1.29 is 12.8 Å². The molecule has 0 saturated carbocycles. The van der Waals surface area contributed by atoms with Crippen molar-refractivity contribution in [1.29, 1.82) is 0 Å². The predicted molar refractivity (Wildman–Crippen MR) is 79.7 cm³/mol. The maximum Gasteiger partial charge on any atom is 0.271 e. The molecular weight excluding hydrogens is 262 g/mol. The smallest absolute Gasteiger partial charge is 0.254 e. The van der Waals surface area contributed by atoms with Gasteiger partial charge in [0.15, 0.2) is 5.52 Å². The van der Waals surface area contributed by atoms with Crippen LogP contribution in [-0.2, 0) is 20.5 Å². The van der Waals surface area contributed by atoms with E-state index in [9.17, 15) is 0 Å². The van der Waals surface area contributed by atoms with E-state index < -0.39 is 14.0 Å². The SMILES string of the molecule is [2H]C([2H])([2H])n1c2[n+](c3c1c1cccnc1n3C([2H])([2H])[2H])Cc1cccnc1-2. The second-order valence-corrected chi connectivity index (χ2v) is 5.14. The van der Waals surface area contributed by atoms with Gasteiger partial charge in [-0.1, -0.05) is 6.07 Å².